The predicted molar refractivity (Wildman–Crippen MR) is 118 cm³/mol. The van der Waals surface area contributed by atoms with Crippen molar-refractivity contribution in [1.82, 2.24) is 16.0 Å². The number of nitrogens with one attached hydrogen (secondary N) is 3. The first kappa shape index (κ1) is 26.2. The Morgan fingerprint density at radius 3 is 2.23 bits per heavy atom. The lowest BCUT2D eigenvalue weighted by Crippen LogP contribution is -2.56. The van der Waals surface area contributed by atoms with E-state index in [0.717, 1.165) is 5.56 Å². The Labute approximate surface area is 186 Å². The van der Waals surface area contributed by atoms with E-state index in [0.29, 0.717) is 6.42 Å². The molecule has 11 heteroatoms. The number of phenolic OH excluding ortho intramolecular Hbond substituents is 1. The van der Waals surface area contributed by atoms with Crippen LogP contribution in [0.2, 0.25) is 0 Å². The number of carboxylic acids is 1. The van der Waals surface area contributed by atoms with Crippen LogP contribution in [0.25, 0.3) is 0 Å². The molecule has 0 heterocycles. The molecule has 0 fully saturated rings. The van der Waals surface area contributed by atoms with Crippen LogP contribution in [-0.2, 0) is 25.6 Å². The monoisotopic (exact) mass is 454 g/mol. The average Bonchev–Trinajstić information content (AvgIpc) is 2.74. The van der Waals surface area contributed by atoms with Crippen LogP contribution in [0, 0.1) is 5.92 Å². The average molecular weight is 455 g/mol. The van der Waals surface area contributed by atoms with E-state index < -0.39 is 48.4 Å². The van der Waals surface area contributed by atoms with Crippen molar-refractivity contribution < 1.29 is 29.4 Å². The molecule has 0 saturated carbocycles. The van der Waals surface area contributed by atoms with Gasteiger partial charge in [-0.3, -0.25) is 14.4 Å². The molecular weight excluding hydrogens is 424 g/mol. The molecule has 31 heavy (non-hydrogen) atoms. The van der Waals surface area contributed by atoms with Gasteiger partial charge >= 0.3 is 5.97 Å². The van der Waals surface area contributed by atoms with E-state index in [1.165, 1.54) is 12.1 Å². The quantitative estimate of drug-likeness (QED) is 0.207. The van der Waals surface area contributed by atoms with Crippen LogP contribution < -0.4 is 21.7 Å². The van der Waals surface area contributed by atoms with Gasteiger partial charge in [0.15, 0.2) is 0 Å². The van der Waals surface area contributed by atoms with Gasteiger partial charge in [0.25, 0.3) is 0 Å². The van der Waals surface area contributed by atoms with Gasteiger partial charge in [-0.05, 0) is 30.0 Å². The van der Waals surface area contributed by atoms with E-state index in [1.807, 2.05) is 6.92 Å². The molecule has 0 aromatic heterocycles. The van der Waals surface area contributed by atoms with Crippen molar-refractivity contribution in [2.75, 3.05) is 12.3 Å². The Morgan fingerprint density at radius 2 is 1.71 bits per heavy atom. The number of amides is 3. The van der Waals surface area contributed by atoms with E-state index in [4.69, 9.17) is 10.8 Å². The third kappa shape index (κ3) is 8.85. The van der Waals surface area contributed by atoms with Crippen molar-refractivity contribution in [3.05, 3.63) is 29.8 Å². The zero-order chi connectivity index (χ0) is 23.6. The molecule has 3 amide bonds. The first-order valence-electron chi connectivity index (χ1n) is 9.83. The Hall–Kier alpha value is -2.79. The Balaban J connectivity index is 2.62. The molecule has 0 spiro atoms. The first-order chi connectivity index (χ1) is 14.6. The zero-order valence-electron chi connectivity index (χ0n) is 17.5. The molecule has 0 bridgehead atoms. The molecule has 0 aliphatic rings. The van der Waals surface area contributed by atoms with Crippen molar-refractivity contribution in [2.45, 2.75) is 44.8 Å². The SMILES string of the molecule is CCC(C)C(NC(=O)CNC(=O)C(N)Cc1ccc(O)cc1)C(=O)NC(CS)C(=O)O. The van der Waals surface area contributed by atoms with Gasteiger partial charge in [-0.1, -0.05) is 32.4 Å². The fourth-order valence-electron chi connectivity index (χ4n) is 2.65. The van der Waals surface area contributed by atoms with Crippen molar-refractivity contribution in [2.24, 2.45) is 11.7 Å². The summed E-state index contributed by atoms with van der Waals surface area (Å²) in [5.74, 6) is -3.30. The molecule has 172 valence electrons. The number of carboxylic acid groups (broad SMARTS) is 1. The largest absolute Gasteiger partial charge is 0.508 e. The van der Waals surface area contributed by atoms with Gasteiger partial charge in [0.2, 0.25) is 17.7 Å². The fourth-order valence-corrected chi connectivity index (χ4v) is 2.90. The Kier molecular flexibility index (Phi) is 10.8. The minimum absolute atomic E-state index is 0.0994. The summed E-state index contributed by atoms with van der Waals surface area (Å²) >= 11 is 3.90. The lowest BCUT2D eigenvalue weighted by molar-refractivity contribution is -0.141. The fraction of sp³-hybridized carbons (Fsp3) is 0.500. The zero-order valence-corrected chi connectivity index (χ0v) is 18.4. The van der Waals surface area contributed by atoms with Crippen LogP contribution in [0.3, 0.4) is 0 Å². The Morgan fingerprint density at radius 1 is 1.10 bits per heavy atom. The molecule has 1 aromatic carbocycles. The van der Waals surface area contributed by atoms with Crippen LogP contribution in [0.1, 0.15) is 25.8 Å². The third-order valence-corrected chi connectivity index (χ3v) is 5.13. The van der Waals surface area contributed by atoms with Gasteiger partial charge in [-0.25, -0.2) is 4.79 Å². The number of hydrogen-bond acceptors (Lipinski definition) is 7. The lowest BCUT2D eigenvalue weighted by atomic mass is 9.98. The summed E-state index contributed by atoms with van der Waals surface area (Å²) in [6.45, 7) is 3.18. The summed E-state index contributed by atoms with van der Waals surface area (Å²) < 4.78 is 0. The number of aliphatic carboxylic acids is 1. The van der Waals surface area contributed by atoms with E-state index in [1.54, 1.807) is 19.1 Å². The number of benzene rings is 1. The Bertz CT molecular complexity index is 773. The van der Waals surface area contributed by atoms with Crippen LogP contribution in [0.15, 0.2) is 24.3 Å². The van der Waals surface area contributed by atoms with Crippen LogP contribution >= 0.6 is 12.6 Å². The number of hydrogen-bond donors (Lipinski definition) is 7. The van der Waals surface area contributed by atoms with Crippen LogP contribution in [0.5, 0.6) is 5.75 Å². The highest BCUT2D eigenvalue weighted by atomic mass is 32.1. The molecule has 1 aromatic rings. The van der Waals surface area contributed by atoms with E-state index >= 15 is 0 Å². The maximum atomic E-state index is 12.5. The highest BCUT2D eigenvalue weighted by molar-refractivity contribution is 7.80. The molecule has 0 aliphatic heterocycles. The summed E-state index contributed by atoms with van der Waals surface area (Å²) in [6, 6.07) is 3.18. The number of rotatable bonds is 12. The second-order valence-corrected chi connectivity index (χ2v) is 7.57. The second kappa shape index (κ2) is 12.8. The summed E-state index contributed by atoms with van der Waals surface area (Å²) in [5, 5.41) is 25.7. The minimum atomic E-state index is -1.23. The summed E-state index contributed by atoms with van der Waals surface area (Å²) in [4.78, 5) is 48.0. The van der Waals surface area contributed by atoms with Gasteiger partial charge in [-0.15, -0.1) is 0 Å². The lowest BCUT2D eigenvalue weighted by Gasteiger charge is -2.25. The number of aromatic hydroxyl groups is 1. The molecule has 4 atom stereocenters. The minimum Gasteiger partial charge on any atom is -0.508 e. The standard InChI is InChI=1S/C20H30N4O6S/c1-3-11(2)17(19(28)23-15(10-31)20(29)30)24-16(26)9-22-18(27)14(21)8-12-4-6-13(25)7-5-12/h4-7,11,14-15,17,25,31H,3,8-10,21H2,1-2H3,(H,22,27)(H,23,28)(H,24,26)(H,29,30). The summed E-state index contributed by atoms with van der Waals surface area (Å²) in [5.41, 5.74) is 6.60. The highest BCUT2D eigenvalue weighted by Gasteiger charge is 2.29. The van der Waals surface area contributed by atoms with Gasteiger partial charge in [0, 0.05) is 5.75 Å². The number of carbonyl (C=O) groups excluding carboxylic acids is 3. The number of thiol groups is 1. The molecule has 7 N–H and O–H groups in total. The predicted octanol–water partition coefficient (Wildman–Crippen LogP) is -0.592. The topological polar surface area (TPSA) is 171 Å². The second-order valence-electron chi connectivity index (χ2n) is 7.21. The van der Waals surface area contributed by atoms with Crippen molar-refractivity contribution in [3.8, 4) is 5.75 Å². The molecule has 0 aliphatic carbocycles. The van der Waals surface area contributed by atoms with E-state index in [9.17, 15) is 24.3 Å². The molecule has 0 saturated heterocycles. The number of nitrogens with two attached hydrogens (primary N) is 1. The number of carbonyl (C=O) groups is 4. The van der Waals surface area contributed by atoms with E-state index in [2.05, 4.69) is 28.6 Å². The summed E-state index contributed by atoms with van der Waals surface area (Å²) in [7, 11) is 0. The summed E-state index contributed by atoms with van der Waals surface area (Å²) in [6.07, 6.45) is 0.771. The third-order valence-electron chi connectivity index (χ3n) is 4.76. The van der Waals surface area contributed by atoms with E-state index in [-0.39, 0.29) is 23.8 Å². The van der Waals surface area contributed by atoms with Crippen LogP contribution in [-0.4, -0.2) is 64.3 Å². The number of phenols is 1. The molecule has 1 rings (SSSR count). The van der Waals surface area contributed by atoms with Gasteiger partial charge in [0.05, 0.1) is 12.6 Å². The van der Waals surface area contributed by atoms with Crippen LogP contribution in [0.4, 0.5) is 0 Å². The molecule has 0 radical (unpaired) electrons. The molecule has 4 unspecified atom stereocenters. The van der Waals surface area contributed by atoms with Crippen molar-refractivity contribution in [3.63, 3.8) is 0 Å². The highest BCUT2D eigenvalue weighted by Crippen LogP contribution is 2.11. The molecule has 10 nitrogen and oxygen atoms in total. The van der Waals surface area contributed by atoms with Crippen molar-refractivity contribution in [1.29, 1.82) is 0 Å². The van der Waals surface area contributed by atoms with Gasteiger partial charge < -0.3 is 31.9 Å². The maximum Gasteiger partial charge on any atom is 0.327 e. The van der Waals surface area contributed by atoms with Gasteiger partial charge in [0.1, 0.15) is 17.8 Å². The maximum absolute atomic E-state index is 12.5. The van der Waals surface area contributed by atoms with Crippen molar-refractivity contribution >= 4 is 36.3 Å². The smallest absolute Gasteiger partial charge is 0.327 e. The van der Waals surface area contributed by atoms with Gasteiger partial charge in [-0.2, -0.15) is 12.6 Å². The first-order valence-corrected chi connectivity index (χ1v) is 10.5. The molecular formula is C20H30N4O6S. The normalized spacial score (nSPS) is 14.6.